The van der Waals surface area contributed by atoms with E-state index in [0.717, 1.165) is 23.7 Å². The van der Waals surface area contributed by atoms with Gasteiger partial charge in [-0.25, -0.2) is 0 Å². The van der Waals surface area contributed by atoms with E-state index in [1.807, 2.05) is 12.1 Å². The Kier molecular flexibility index (Phi) is 6.73. The Morgan fingerprint density at radius 1 is 1.41 bits per heavy atom. The van der Waals surface area contributed by atoms with Crippen LogP contribution in [0.4, 0.5) is 0 Å². The number of benzene rings is 1. The highest BCUT2D eigenvalue weighted by molar-refractivity contribution is 9.10. The fraction of sp³-hybridized carbons (Fsp3) is 0.538. The summed E-state index contributed by atoms with van der Waals surface area (Å²) in [5.41, 5.74) is 4.16. The summed E-state index contributed by atoms with van der Waals surface area (Å²) in [6.07, 6.45) is 3.25. The molecule has 3 N–H and O–H groups in total. The zero-order valence-corrected chi connectivity index (χ0v) is 12.0. The van der Waals surface area contributed by atoms with Gasteiger partial charge in [0.25, 0.3) is 0 Å². The highest BCUT2D eigenvalue weighted by Crippen LogP contribution is 2.15. The lowest BCUT2D eigenvalue weighted by atomic mass is 10.0. The minimum absolute atomic E-state index is 0.286. The molecule has 2 unspecified atom stereocenters. The molecule has 0 aliphatic carbocycles. The predicted molar refractivity (Wildman–Crippen MR) is 74.7 cm³/mol. The van der Waals surface area contributed by atoms with E-state index in [2.05, 4.69) is 40.4 Å². The number of hydrogen-bond acceptors (Lipinski definition) is 3. The van der Waals surface area contributed by atoms with Gasteiger partial charge in [0.15, 0.2) is 0 Å². The molecule has 0 aromatic heterocycles. The third-order valence-electron chi connectivity index (χ3n) is 2.93. The molecule has 1 rings (SSSR count). The van der Waals surface area contributed by atoms with Gasteiger partial charge in [-0.05, 0) is 43.9 Å². The number of ether oxygens (including phenoxy) is 1. The van der Waals surface area contributed by atoms with Crippen molar-refractivity contribution in [3.05, 3.63) is 34.3 Å². The summed E-state index contributed by atoms with van der Waals surface area (Å²) in [4.78, 5) is 0. The minimum atomic E-state index is 0.286. The van der Waals surface area contributed by atoms with Crippen molar-refractivity contribution in [2.75, 3.05) is 7.11 Å². The van der Waals surface area contributed by atoms with E-state index in [1.54, 1.807) is 7.11 Å². The van der Waals surface area contributed by atoms with E-state index >= 15 is 0 Å². The zero-order chi connectivity index (χ0) is 12.7. The van der Waals surface area contributed by atoms with Gasteiger partial charge < -0.3 is 4.74 Å². The fourth-order valence-corrected chi connectivity index (χ4v) is 2.19. The third kappa shape index (κ3) is 5.64. The lowest BCUT2D eigenvalue weighted by Gasteiger charge is -2.18. The van der Waals surface area contributed by atoms with Crippen LogP contribution in [0.15, 0.2) is 28.7 Å². The molecule has 1 aromatic carbocycles. The molecule has 96 valence electrons. The molecule has 0 amide bonds. The summed E-state index contributed by atoms with van der Waals surface area (Å²) < 4.78 is 6.35. The quantitative estimate of drug-likeness (QED) is 0.601. The van der Waals surface area contributed by atoms with Crippen LogP contribution in [0, 0.1) is 0 Å². The molecule has 0 aliphatic rings. The van der Waals surface area contributed by atoms with Crippen LogP contribution in [0.5, 0.6) is 0 Å². The smallest absolute Gasteiger partial charge is 0.0543 e. The Balaban J connectivity index is 2.46. The Hall–Kier alpha value is -0.420. The van der Waals surface area contributed by atoms with Gasteiger partial charge in [-0.15, -0.1) is 0 Å². The minimum Gasteiger partial charge on any atom is -0.382 e. The molecule has 2 atom stereocenters. The first kappa shape index (κ1) is 14.6. The van der Waals surface area contributed by atoms with Gasteiger partial charge >= 0.3 is 0 Å². The van der Waals surface area contributed by atoms with Crippen molar-refractivity contribution >= 4 is 15.9 Å². The first-order valence-electron chi connectivity index (χ1n) is 5.89. The van der Waals surface area contributed by atoms with Crippen LogP contribution < -0.4 is 11.3 Å². The maximum atomic E-state index is 5.58. The van der Waals surface area contributed by atoms with Crippen molar-refractivity contribution in [3.63, 3.8) is 0 Å². The number of rotatable bonds is 7. The van der Waals surface area contributed by atoms with Crippen LogP contribution in [0.2, 0.25) is 0 Å². The molecule has 0 saturated carbocycles. The summed E-state index contributed by atoms with van der Waals surface area (Å²) in [6.45, 7) is 2.08. The van der Waals surface area contributed by atoms with Crippen LogP contribution in [0.3, 0.4) is 0 Å². The van der Waals surface area contributed by atoms with E-state index in [1.165, 1.54) is 5.56 Å². The van der Waals surface area contributed by atoms with E-state index in [-0.39, 0.29) is 6.10 Å². The largest absolute Gasteiger partial charge is 0.382 e. The van der Waals surface area contributed by atoms with Crippen molar-refractivity contribution < 1.29 is 4.74 Å². The molecule has 0 aliphatic heterocycles. The molecular formula is C13H21BrN2O. The summed E-state index contributed by atoms with van der Waals surface area (Å²) in [6, 6.07) is 8.62. The van der Waals surface area contributed by atoms with Crippen LogP contribution in [0.25, 0.3) is 0 Å². The van der Waals surface area contributed by atoms with Gasteiger partial charge in [-0.1, -0.05) is 28.1 Å². The SMILES string of the molecule is COC(C)CCC(Cc1cccc(Br)c1)NN. The molecule has 17 heavy (non-hydrogen) atoms. The Bertz CT molecular complexity index is 333. The zero-order valence-electron chi connectivity index (χ0n) is 10.4. The van der Waals surface area contributed by atoms with E-state index < -0.39 is 0 Å². The van der Waals surface area contributed by atoms with Crippen molar-refractivity contribution in [1.29, 1.82) is 0 Å². The summed E-state index contributed by atoms with van der Waals surface area (Å²) >= 11 is 3.48. The number of hydrogen-bond donors (Lipinski definition) is 2. The molecule has 0 heterocycles. The van der Waals surface area contributed by atoms with Crippen molar-refractivity contribution in [2.45, 2.75) is 38.3 Å². The molecule has 3 nitrogen and oxygen atoms in total. The molecule has 4 heteroatoms. The molecule has 0 fully saturated rings. The summed E-state index contributed by atoms with van der Waals surface area (Å²) in [5, 5.41) is 0. The van der Waals surface area contributed by atoms with Crippen LogP contribution in [0.1, 0.15) is 25.3 Å². The van der Waals surface area contributed by atoms with Gasteiger partial charge in [0.05, 0.1) is 6.10 Å². The second-order valence-electron chi connectivity index (χ2n) is 4.32. The topological polar surface area (TPSA) is 47.3 Å². The predicted octanol–water partition coefficient (Wildman–Crippen LogP) is 2.64. The Labute approximate surface area is 112 Å². The maximum absolute atomic E-state index is 5.58. The number of hydrazine groups is 1. The van der Waals surface area contributed by atoms with Gasteiger partial charge in [0, 0.05) is 17.6 Å². The first-order chi connectivity index (χ1) is 8.15. The second kappa shape index (κ2) is 7.82. The van der Waals surface area contributed by atoms with E-state index in [9.17, 15) is 0 Å². The highest BCUT2D eigenvalue weighted by Gasteiger charge is 2.10. The third-order valence-corrected chi connectivity index (χ3v) is 3.42. The average Bonchev–Trinajstić information content (AvgIpc) is 2.34. The highest BCUT2D eigenvalue weighted by atomic mass is 79.9. The average molecular weight is 301 g/mol. The monoisotopic (exact) mass is 300 g/mol. The van der Waals surface area contributed by atoms with Crippen LogP contribution in [-0.2, 0) is 11.2 Å². The van der Waals surface area contributed by atoms with Gasteiger partial charge in [0.1, 0.15) is 0 Å². The number of nitrogens with two attached hydrogens (primary N) is 1. The molecule has 0 saturated heterocycles. The maximum Gasteiger partial charge on any atom is 0.0543 e. The van der Waals surface area contributed by atoms with Gasteiger partial charge in [-0.3, -0.25) is 11.3 Å². The summed E-state index contributed by atoms with van der Waals surface area (Å²) in [5.74, 6) is 5.58. The number of nitrogens with one attached hydrogen (secondary N) is 1. The molecule has 0 spiro atoms. The first-order valence-corrected chi connectivity index (χ1v) is 6.68. The normalized spacial score (nSPS) is 14.6. The number of halogens is 1. The Morgan fingerprint density at radius 3 is 2.76 bits per heavy atom. The van der Waals surface area contributed by atoms with Crippen molar-refractivity contribution in [1.82, 2.24) is 5.43 Å². The lowest BCUT2D eigenvalue weighted by Crippen LogP contribution is -2.37. The second-order valence-corrected chi connectivity index (χ2v) is 5.24. The van der Waals surface area contributed by atoms with Gasteiger partial charge in [-0.2, -0.15) is 0 Å². The Morgan fingerprint density at radius 2 is 2.18 bits per heavy atom. The number of methoxy groups -OCH3 is 1. The van der Waals surface area contributed by atoms with E-state index in [0.29, 0.717) is 6.04 Å². The van der Waals surface area contributed by atoms with Crippen molar-refractivity contribution in [3.8, 4) is 0 Å². The van der Waals surface area contributed by atoms with E-state index in [4.69, 9.17) is 10.6 Å². The standard InChI is InChI=1S/C13H21BrN2O/c1-10(17-2)6-7-13(16-15)9-11-4-3-5-12(14)8-11/h3-5,8,10,13,16H,6-7,9,15H2,1-2H3. The molecule has 0 bridgehead atoms. The molecular weight excluding hydrogens is 280 g/mol. The lowest BCUT2D eigenvalue weighted by molar-refractivity contribution is 0.106. The van der Waals surface area contributed by atoms with Crippen molar-refractivity contribution in [2.24, 2.45) is 5.84 Å². The van der Waals surface area contributed by atoms with Crippen LogP contribution in [-0.4, -0.2) is 19.3 Å². The molecule has 0 radical (unpaired) electrons. The molecule has 1 aromatic rings. The van der Waals surface area contributed by atoms with Crippen LogP contribution >= 0.6 is 15.9 Å². The van der Waals surface area contributed by atoms with Gasteiger partial charge in [0.2, 0.25) is 0 Å². The summed E-state index contributed by atoms with van der Waals surface area (Å²) in [7, 11) is 1.74. The fourth-order valence-electron chi connectivity index (χ4n) is 1.75.